The zero-order valence-corrected chi connectivity index (χ0v) is 12.3. The Kier molecular flexibility index (Phi) is 4.34. The van der Waals surface area contributed by atoms with Crippen molar-refractivity contribution in [3.8, 4) is 0 Å². The number of Topliss-reactive ketones (excluding diaryl/α,β-unsaturated/α-hetero) is 1. The van der Waals surface area contributed by atoms with Crippen molar-refractivity contribution in [1.82, 2.24) is 4.90 Å². The molecule has 19 heavy (non-hydrogen) atoms. The number of hydrogen-bond acceptors (Lipinski definition) is 3. The smallest absolute Gasteiger partial charge is 0.149 e. The highest BCUT2D eigenvalue weighted by Crippen LogP contribution is 2.30. The number of carbonyl (C=O) groups excluding carboxylic acids is 1. The number of ketones is 1. The summed E-state index contributed by atoms with van der Waals surface area (Å²) in [4.78, 5) is 14.8. The van der Waals surface area contributed by atoms with E-state index in [1.807, 2.05) is 0 Å². The topological polar surface area (TPSA) is 20.3 Å². The minimum absolute atomic E-state index is 0.359. The van der Waals surface area contributed by atoms with Gasteiger partial charge >= 0.3 is 0 Å². The van der Waals surface area contributed by atoms with Crippen LogP contribution in [-0.4, -0.2) is 23.3 Å². The summed E-state index contributed by atoms with van der Waals surface area (Å²) in [7, 11) is 0. The number of hydrogen-bond donors (Lipinski definition) is 0. The van der Waals surface area contributed by atoms with Crippen LogP contribution in [0.2, 0.25) is 0 Å². The Morgan fingerprint density at radius 1 is 1.21 bits per heavy atom. The highest BCUT2D eigenvalue weighted by molar-refractivity contribution is 7.07. The lowest BCUT2D eigenvalue weighted by molar-refractivity contribution is -0.125. The lowest BCUT2D eigenvalue weighted by Gasteiger charge is -2.25. The molecule has 0 aliphatic heterocycles. The van der Waals surface area contributed by atoms with Crippen LogP contribution in [0.1, 0.15) is 50.5 Å². The maximum atomic E-state index is 12.4. The van der Waals surface area contributed by atoms with Crippen LogP contribution in [0.5, 0.6) is 0 Å². The van der Waals surface area contributed by atoms with Gasteiger partial charge in [0, 0.05) is 18.5 Å². The summed E-state index contributed by atoms with van der Waals surface area (Å²) in [6.45, 7) is 1.65. The third-order valence-corrected chi connectivity index (χ3v) is 5.18. The van der Waals surface area contributed by atoms with Crippen LogP contribution in [0, 0.1) is 5.92 Å². The van der Waals surface area contributed by atoms with E-state index in [2.05, 4.69) is 21.7 Å². The van der Waals surface area contributed by atoms with Crippen LogP contribution < -0.4 is 0 Å². The molecule has 0 unspecified atom stereocenters. The van der Waals surface area contributed by atoms with Crippen molar-refractivity contribution in [2.75, 3.05) is 6.54 Å². The summed E-state index contributed by atoms with van der Waals surface area (Å²) in [5.41, 5.74) is 1.37. The third-order valence-electron chi connectivity index (χ3n) is 4.45. The molecule has 1 heterocycles. The number of thiophene rings is 1. The van der Waals surface area contributed by atoms with Crippen LogP contribution in [0.3, 0.4) is 0 Å². The van der Waals surface area contributed by atoms with Gasteiger partial charge in [0.2, 0.25) is 0 Å². The normalized spacial score (nSPS) is 20.9. The molecule has 2 nitrogen and oxygen atoms in total. The van der Waals surface area contributed by atoms with Crippen molar-refractivity contribution in [3.63, 3.8) is 0 Å². The largest absolute Gasteiger partial charge is 0.298 e. The molecule has 0 saturated heterocycles. The van der Waals surface area contributed by atoms with E-state index in [-0.39, 0.29) is 0 Å². The zero-order chi connectivity index (χ0) is 13.1. The van der Waals surface area contributed by atoms with Crippen molar-refractivity contribution >= 4 is 17.1 Å². The van der Waals surface area contributed by atoms with Gasteiger partial charge in [0.1, 0.15) is 5.78 Å². The molecule has 2 aliphatic carbocycles. The molecule has 0 radical (unpaired) electrons. The summed E-state index contributed by atoms with van der Waals surface area (Å²) in [5, 5.41) is 4.34. The van der Waals surface area contributed by atoms with Gasteiger partial charge in [-0.3, -0.25) is 9.69 Å². The number of carbonyl (C=O) groups is 1. The molecule has 3 rings (SSSR count). The molecule has 0 spiro atoms. The Labute approximate surface area is 119 Å². The number of rotatable bonds is 6. The van der Waals surface area contributed by atoms with Crippen LogP contribution in [0.15, 0.2) is 16.8 Å². The minimum atomic E-state index is 0.359. The van der Waals surface area contributed by atoms with Gasteiger partial charge in [0.15, 0.2) is 0 Å². The molecule has 3 heteroatoms. The van der Waals surface area contributed by atoms with Crippen molar-refractivity contribution < 1.29 is 4.79 Å². The summed E-state index contributed by atoms with van der Waals surface area (Å²) >= 11 is 1.75. The van der Waals surface area contributed by atoms with E-state index in [9.17, 15) is 4.79 Å². The lowest BCUT2D eigenvalue weighted by Crippen LogP contribution is -2.35. The molecule has 2 saturated carbocycles. The van der Waals surface area contributed by atoms with E-state index in [4.69, 9.17) is 0 Å². The van der Waals surface area contributed by atoms with Crippen molar-refractivity contribution in [1.29, 1.82) is 0 Å². The van der Waals surface area contributed by atoms with Gasteiger partial charge in [-0.05, 0) is 48.1 Å². The van der Waals surface area contributed by atoms with Gasteiger partial charge in [-0.25, -0.2) is 0 Å². The first-order valence-electron chi connectivity index (χ1n) is 7.61. The van der Waals surface area contributed by atoms with Crippen molar-refractivity contribution in [2.45, 2.75) is 57.5 Å². The Hall–Kier alpha value is -0.670. The van der Waals surface area contributed by atoms with E-state index in [0.717, 1.165) is 19.4 Å². The monoisotopic (exact) mass is 277 g/mol. The van der Waals surface area contributed by atoms with E-state index in [0.29, 0.717) is 24.3 Å². The van der Waals surface area contributed by atoms with Gasteiger partial charge < -0.3 is 0 Å². The predicted octanol–water partition coefficient (Wildman–Crippen LogP) is 3.86. The fourth-order valence-corrected chi connectivity index (χ4v) is 3.78. The fraction of sp³-hybridized carbons (Fsp3) is 0.688. The average molecular weight is 277 g/mol. The standard InChI is InChI=1S/C16H23NOS/c18-16(14-4-2-1-3-5-14)11-17(15-6-7-15)10-13-8-9-19-12-13/h8-9,12,14-15H,1-7,10-11H2. The summed E-state index contributed by atoms with van der Waals surface area (Å²) in [5.74, 6) is 0.860. The first kappa shape index (κ1) is 13.3. The quantitative estimate of drug-likeness (QED) is 0.787. The van der Waals surface area contributed by atoms with Crippen LogP contribution in [-0.2, 0) is 11.3 Å². The molecule has 0 amide bonds. The van der Waals surface area contributed by atoms with E-state index in [1.54, 1.807) is 11.3 Å². The second kappa shape index (κ2) is 6.19. The van der Waals surface area contributed by atoms with Crippen molar-refractivity contribution in [3.05, 3.63) is 22.4 Å². The van der Waals surface area contributed by atoms with Gasteiger partial charge in [-0.2, -0.15) is 11.3 Å². The maximum Gasteiger partial charge on any atom is 0.149 e. The second-order valence-electron chi connectivity index (χ2n) is 6.07. The van der Waals surface area contributed by atoms with Crippen LogP contribution in [0.25, 0.3) is 0 Å². The third kappa shape index (κ3) is 3.67. The Morgan fingerprint density at radius 2 is 2.00 bits per heavy atom. The van der Waals surface area contributed by atoms with E-state index < -0.39 is 0 Å². The first-order chi connectivity index (χ1) is 9.33. The molecule has 104 valence electrons. The molecule has 0 atom stereocenters. The molecule has 0 aromatic carbocycles. The van der Waals surface area contributed by atoms with Crippen molar-refractivity contribution in [2.24, 2.45) is 5.92 Å². The first-order valence-corrected chi connectivity index (χ1v) is 8.55. The van der Waals surface area contributed by atoms with E-state index >= 15 is 0 Å². The molecule has 1 aromatic rings. The fourth-order valence-electron chi connectivity index (χ4n) is 3.12. The van der Waals surface area contributed by atoms with Gasteiger partial charge in [0.05, 0.1) is 6.54 Å². The molecular weight excluding hydrogens is 254 g/mol. The summed E-state index contributed by atoms with van der Waals surface area (Å²) < 4.78 is 0. The Balaban J connectivity index is 1.56. The molecular formula is C16H23NOS. The summed E-state index contributed by atoms with van der Waals surface area (Å²) in [6.07, 6.45) is 8.66. The van der Waals surface area contributed by atoms with E-state index in [1.165, 1.54) is 37.7 Å². The highest BCUT2D eigenvalue weighted by Gasteiger charge is 2.32. The Bertz CT molecular complexity index is 404. The summed E-state index contributed by atoms with van der Waals surface area (Å²) in [6, 6.07) is 2.86. The van der Waals surface area contributed by atoms with Crippen LogP contribution in [0.4, 0.5) is 0 Å². The van der Waals surface area contributed by atoms with Gasteiger partial charge in [-0.15, -0.1) is 0 Å². The minimum Gasteiger partial charge on any atom is -0.298 e. The zero-order valence-electron chi connectivity index (χ0n) is 11.5. The SMILES string of the molecule is O=C(CN(Cc1ccsc1)C1CC1)C1CCCCC1. The maximum absolute atomic E-state index is 12.4. The Morgan fingerprint density at radius 3 is 2.63 bits per heavy atom. The molecule has 2 aliphatic rings. The molecule has 0 bridgehead atoms. The van der Waals surface area contributed by atoms with Crippen LogP contribution >= 0.6 is 11.3 Å². The average Bonchev–Trinajstić information content (AvgIpc) is 3.17. The van der Waals surface area contributed by atoms with Gasteiger partial charge in [0.25, 0.3) is 0 Å². The molecule has 2 fully saturated rings. The predicted molar refractivity (Wildman–Crippen MR) is 79.3 cm³/mol. The lowest BCUT2D eigenvalue weighted by atomic mass is 9.86. The van der Waals surface area contributed by atoms with Gasteiger partial charge in [-0.1, -0.05) is 19.3 Å². The second-order valence-corrected chi connectivity index (χ2v) is 6.85. The molecule has 0 N–H and O–H groups in total. The highest BCUT2D eigenvalue weighted by atomic mass is 32.1. The molecule has 1 aromatic heterocycles. The number of nitrogens with zero attached hydrogens (tertiary/aromatic N) is 1.